The molecule has 21 heavy (non-hydrogen) atoms. The van der Waals surface area contributed by atoms with Crippen LogP contribution < -0.4 is 11.1 Å². The number of carbonyl (C=O) groups is 1. The molecule has 2 aromatic carbocycles. The molecule has 3 N–H and O–H groups in total. The number of thiocarbonyl (C=S) groups is 1. The lowest BCUT2D eigenvalue weighted by Crippen LogP contribution is -2.19. The van der Waals surface area contributed by atoms with E-state index in [0.717, 1.165) is 4.47 Å². The van der Waals surface area contributed by atoms with Crippen molar-refractivity contribution < 1.29 is 9.18 Å². The van der Waals surface area contributed by atoms with E-state index < -0.39 is 11.7 Å². The summed E-state index contributed by atoms with van der Waals surface area (Å²) >= 11 is 11.4. The SMILES string of the molecule is NC(=S)c1cc(Br)ccc1NC(=O)c1c(F)cccc1Br. The summed E-state index contributed by atoms with van der Waals surface area (Å²) in [4.78, 5) is 12.4. The Balaban J connectivity index is 2.39. The Morgan fingerprint density at radius 2 is 1.95 bits per heavy atom. The quantitative estimate of drug-likeness (QED) is 0.714. The van der Waals surface area contributed by atoms with Crippen LogP contribution in [0.3, 0.4) is 0 Å². The Kier molecular flexibility index (Phi) is 5.08. The number of hydrogen-bond acceptors (Lipinski definition) is 2. The minimum Gasteiger partial charge on any atom is -0.389 e. The summed E-state index contributed by atoms with van der Waals surface area (Å²) in [6.45, 7) is 0. The first-order valence-corrected chi connectivity index (χ1v) is 7.74. The zero-order valence-corrected chi connectivity index (χ0v) is 14.5. The van der Waals surface area contributed by atoms with Gasteiger partial charge in [0.1, 0.15) is 10.8 Å². The van der Waals surface area contributed by atoms with E-state index in [4.69, 9.17) is 18.0 Å². The number of amides is 1. The van der Waals surface area contributed by atoms with Crippen molar-refractivity contribution in [1.82, 2.24) is 0 Å². The fraction of sp³-hybridized carbons (Fsp3) is 0. The highest BCUT2D eigenvalue weighted by Gasteiger charge is 2.17. The van der Waals surface area contributed by atoms with Gasteiger partial charge in [0.25, 0.3) is 5.91 Å². The monoisotopic (exact) mass is 430 g/mol. The minimum absolute atomic E-state index is 0.0747. The van der Waals surface area contributed by atoms with Crippen LogP contribution in [0.25, 0.3) is 0 Å². The minimum atomic E-state index is -0.615. The van der Waals surface area contributed by atoms with E-state index in [1.807, 2.05) is 0 Å². The maximum Gasteiger partial charge on any atom is 0.259 e. The van der Waals surface area contributed by atoms with Gasteiger partial charge in [0.2, 0.25) is 0 Å². The molecule has 3 nitrogen and oxygen atoms in total. The first kappa shape index (κ1) is 16.1. The van der Waals surface area contributed by atoms with Crippen LogP contribution in [0.4, 0.5) is 10.1 Å². The van der Waals surface area contributed by atoms with E-state index in [-0.39, 0.29) is 10.6 Å². The molecule has 0 saturated heterocycles. The summed E-state index contributed by atoms with van der Waals surface area (Å²) in [7, 11) is 0. The van der Waals surface area contributed by atoms with Crippen LogP contribution in [0.15, 0.2) is 45.3 Å². The van der Waals surface area contributed by atoms with Crippen LogP contribution >= 0.6 is 44.1 Å². The van der Waals surface area contributed by atoms with Crippen molar-refractivity contribution in [3.8, 4) is 0 Å². The molecule has 0 aliphatic heterocycles. The lowest BCUT2D eigenvalue weighted by atomic mass is 10.1. The third-order valence-electron chi connectivity index (χ3n) is 2.69. The van der Waals surface area contributed by atoms with Gasteiger partial charge in [-0.15, -0.1) is 0 Å². The second kappa shape index (κ2) is 6.64. The molecular weight excluding hydrogens is 423 g/mol. The predicted molar refractivity (Wildman–Crippen MR) is 92.1 cm³/mol. The highest BCUT2D eigenvalue weighted by Crippen LogP contribution is 2.24. The summed E-state index contributed by atoms with van der Waals surface area (Å²) in [5.74, 6) is -1.20. The Labute approximate surface area is 143 Å². The Morgan fingerprint density at radius 1 is 1.24 bits per heavy atom. The van der Waals surface area contributed by atoms with E-state index in [1.165, 1.54) is 12.1 Å². The van der Waals surface area contributed by atoms with Crippen LogP contribution in [0.2, 0.25) is 0 Å². The Bertz CT molecular complexity index is 717. The first-order chi connectivity index (χ1) is 9.90. The van der Waals surface area contributed by atoms with E-state index in [9.17, 15) is 9.18 Å². The third kappa shape index (κ3) is 3.66. The van der Waals surface area contributed by atoms with Crippen LogP contribution in [-0.4, -0.2) is 10.9 Å². The van der Waals surface area contributed by atoms with Crippen LogP contribution in [0.1, 0.15) is 15.9 Å². The van der Waals surface area contributed by atoms with Gasteiger partial charge in [-0.05, 0) is 46.3 Å². The van der Waals surface area contributed by atoms with Crippen LogP contribution in [0.5, 0.6) is 0 Å². The van der Waals surface area contributed by atoms with Crippen molar-refractivity contribution >= 4 is 60.7 Å². The molecule has 0 heterocycles. The van der Waals surface area contributed by atoms with E-state index >= 15 is 0 Å². The Morgan fingerprint density at radius 3 is 2.57 bits per heavy atom. The molecule has 0 saturated carbocycles. The molecule has 0 atom stereocenters. The molecular formula is C14H9Br2FN2OS. The van der Waals surface area contributed by atoms with E-state index in [0.29, 0.717) is 15.7 Å². The van der Waals surface area contributed by atoms with Gasteiger partial charge >= 0.3 is 0 Å². The molecule has 7 heteroatoms. The van der Waals surface area contributed by atoms with Gasteiger partial charge in [-0.25, -0.2) is 4.39 Å². The Hall–Kier alpha value is -1.31. The molecule has 0 aromatic heterocycles. The van der Waals surface area contributed by atoms with Crippen LogP contribution in [-0.2, 0) is 0 Å². The van der Waals surface area contributed by atoms with Gasteiger partial charge < -0.3 is 11.1 Å². The van der Waals surface area contributed by atoms with E-state index in [2.05, 4.69) is 37.2 Å². The molecule has 1 amide bonds. The predicted octanol–water partition coefficient (Wildman–Crippen LogP) is 4.24. The molecule has 0 bridgehead atoms. The summed E-state index contributed by atoms with van der Waals surface area (Å²) < 4.78 is 14.9. The highest BCUT2D eigenvalue weighted by atomic mass is 79.9. The standard InChI is InChI=1S/C14H9Br2FN2OS/c15-7-4-5-11(8(6-7)13(18)21)19-14(20)12-9(16)2-1-3-10(12)17/h1-6H,(H2,18,21)(H,19,20). The zero-order valence-electron chi connectivity index (χ0n) is 10.5. The molecule has 108 valence electrons. The number of halogens is 3. The molecule has 2 rings (SSSR count). The lowest BCUT2D eigenvalue weighted by molar-refractivity contribution is 0.102. The topological polar surface area (TPSA) is 55.1 Å². The first-order valence-electron chi connectivity index (χ1n) is 5.75. The molecule has 0 fully saturated rings. The molecule has 0 unspecified atom stereocenters. The summed E-state index contributed by atoms with van der Waals surface area (Å²) in [5.41, 5.74) is 6.48. The fourth-order valence-electron chi connectivity index (χ4n) is 1.73. The summed E-state index contributed by atoms with van der Waals surface area (Å²) in [5, 5.41) is 2.62. The zero-order chi connectivity index (χ0) is 15.6. The fourth-order valence-corrected chi connectivity index (χ4v) is 2.78. The van der Waals surface area contributed by atoms with Crippen molar-refractivity contribution in [2.75, 3.05) is 5.32 Å². The number of hydrogen-bond donors (Lipinski definition) is 2. The number of nitrogens with two attached hydrogens (primary N) is 1. The second-order valence-corrected chi connectivity index (χ2v) is 6.31. The lowest BCUT2D eigenvalue weighted by Gasteiger charge is -2.12. The number of rotatable bonds is 3. The van der Waals surface area contributed by atoms with Gasteiger partial charge in [-0.2, -0.15) is 0 Å². The molecule has 2 aromatic rings. The maximum atomic E-state index is 13.8. The average Bonchev–Trinajstić information content (AvgIpc) is 2.40. The van der Waals surface area contributed by atoms with Gasteiger partial charge in [0.15, 0.2) is 0 Å². The molecule has 0 radical (unpaired) electrons. The van der Waals surface area contributed by atoms with E-state index in [1.54, 1.807) is 24.3 Å². The van der Waals surface area contributed by atoms with Crippen molar-refractivity contribution in [2.24, 2.45) is 5.73 Å². The van der Waals surface area contributed by atoms with Crippen LogP contribution in [0, 0.1) is 5.82 Å². The number of carbonyl (C=O) groups excluding carboxylic acids is 1. The maximum absolute atomic E-state index is 13.8. The highest BCUT2D eigenvalue weighted by molar-refractivity contribution is 9.10. The summed E-state index contributed by atoms with van der Waals surface area (Å²) in [6.07, 6.45) is 0. The largest absolute Gasteiger partial charge is 0.389 e. The summed E-state index contributed by atoms with van der Waals surface area (Å²) in [6, 6.07) is 9.38. The molecule has 0 spiro atoms. The van der Waals surface area contributed by atoms with Gasteiger partial charge in [-0.1, -0.05) is 34.2 Å². The van der Waals surface area contributed by atoms with Gasteiger partial charge in [0.05, 0.1) is 11.3 Å². The third-order valence-corrected chi connectivity index (χ3v) is 4.06. The van der Waals surface area contributed by atoms with Crippen molar-refractivity contribution in [3.05, 3.63) is 62.3 Å². The van der Waals surface area contributed by atoms with Gasteiger partial charge in [-0.3, -0.25) is 4.79 Å². The number of benzene rings is 2. The van der Waals surface area contributed by atoms with Crippen molar-refractivity contribution in [1.29, 1.82) is 0 Å². The molecule has 0 aliphatic carbocycles. The smallest absolute Gasteiger partial charge is 0.259 e. The molecule has 0 aliphatic rings. The number of anilines is 1. The normalized spacial score (nSPS) is 10.2. The average molecular weight is 432 g/mol. The number of nitrogens with one attached hydrogen (secondary N) is 1. The second-order valence-electron chi connectivity index (χ2n) is 4.10. The van der Waals surface area contributed by atoms with Crippen molar-refractivity contribution in [3.63, 3.8) is 0 Å². The van der Waals surface area contributed by atoms with Crippen molar-refractivity contribution in [2.45, 2.75) is 0 Å². The van der Waals surface area contributed by atoms with Gasteiger partial charge in [0, 0.05) is 14.5 Å².